The fourth-order valence-electron chi connectivity index (χ4n) is 2.53. The van der Waals surface area contributed by atoms with Gasteiger partial charge in [-0.15, -0.1) is 0 Å². The first kappa shape index (κ1) is 17.0. The number of amides is 3. The molecule has 1 N–H and O–H groups in total. The van der Waals surface area contributed by atoms with Gasteiger partial charge in [-0.25, -0.2) is 9.59 Å². The number of nitrogens with zero attached hydrogens (tertiary/aromatic N) is 1. The molecule has 122 valence electrons. The SMILES string of the molecule is CCOC(=O)C1=C(C)NC(=O)N(C(C)=O)[C@H]1c1ccccc1Cl. The van der Waals surface area contributed by atoms with Crippen LogP contribution in [0.15, 0.2) is 35.5 Å². The Morgan fingerprint density at radius 1 is 1.35 bits per heavy atom. The summed E-state index contributed by atoms with van der Waals surface area (Å²) in [5.41, 5.74) is 1.02. The first-order valence-electron chi connectivity index (χ1n) is 7.11. The van der Waals surface area contributed by atoms with Crippen LogP contribution in [0, 0.1) is 0 Å². The zero-order chi connectivity index (χ0) is 17.1. The molecule has 7 heteroatoms. The van der Waals surface area contributed by atoms with Crippen molar-refractivity contribution in [1.82, 2.24) is 10.2 Å². The van der Waals surface area contributed by atoms with Crippen LogP contribution in [0.25, 0.3) is 0 Å². The molecular formula is C16H17ClN2O4. The summed E-state index contributed by atoms with van der Waals surface area (Å²) in [6.45, 7) is 4.71. The lowest BCUT2D eigenvalue weighted by Crippen LogP contribution is -2.50. The van der Waals surface area contributed by atoms with Gasteiger partial charge in [0, 0.05) is 17.6 Å². The van der Waals surface area contributed by atoms with Gasteiger partial charge in [0.15, 0.2) is 0 Å². The Hall–Kier alpha value is -2.34. The van der Waals surface area contributed by atoms with E-state index < -0.39 is 23.9 Å². The summed E-state index contributed by atoms with van der Waals surface area (Å²) < 4.78 is 5.08. The minimum Gasteiger partial charge on any atom is -0.463 e. The molecule has 3 amide bonds. The molecule has 0 unspecified atom stereocenters. The number of allylic oxidation sites excluding steroid dienone is 1. The predicted octanol–water partition coefficient (Wildman–Crippen LogP) is 2.79. The van der Waals surface area contributed by atoms with Gasteiger partial charge in [-0.1, -0.05) is 29.8 Å². The molecule has 0 aromatic heterocycles. The summed E-state index contributed by atoms with van der Waals surface area (Å²) in [7, 11) is 0. The largest absolute Gasteiger partial charge is 0.463 e. The van der Waals surface area contributed by atoms with Crippen LogP contribution in [0.3, 0.4) is 0 Å². The predicted molar refractivity (Wildman–Crippen MR) is 84.6 cm³/mol. The highest BCUT2D eigenvalue weighted by molar-refractivity contribution is 6.31. The Kier molecular flexibility index (Phi) is 5.05. The number of benzene rings is 1. The number of carbonyl (C=O) groups is 3. The topological polar surface area (TPSA) is 75.7 Å². The highest BCUT2D eigenvalue weighted by atomic mass is 35.5. The molecule has 2 rings (SSSR count). The van der Waals surface area contributed by atoms with Gasteiger partial charge in [0.1, 0.15) is 6.04 Å². The van der Waals surface area contributed by atoms with E-state index in [9.17, 15) is 14.4 Å². The zero-order valence-electron chi connectivity index (χ0n) is 13.1. The highest BCUT2D eigenvalue weighted by Gasteiger charge is 2.41. The number of halogens is 1. The molecule has 23 heavy (non-hydrogen) atoms. The average molecular weight is 337 g/mol. The van der Waals surface area contributed by atoms with E-state index in [2.05, 4.69) is 5.32 Å². The van der Waals surface area contributed by atoms with E-state index in [1.807, 2.05) is 0 Å². The van der Waals surface area contributed by atoms with Gasteiger partial charge in [0.05, 0.1) is 12.2 Å². The van der Waals surface area contributed by atoms with Gasteiger partial charge in [0.25, 0.3) is 0 Å². The Labute approximate surface area is 139 Å². The van der Waals surface area contributed by atoms with Crippen molar-refractivity contribution in [2.75, 3.05) is 6.61 Å². The molecule has 1 aliphatic rings. The normalized spacial score (nSPS) is 17.8. The standard InChI is InChI=1S/C16H17ClN2O4/c1-4-23-15(21)13-9(2)18-16(22)19(10(3)20)14(13)11-7-5-6-8-12(11)17/h5-8,14H,4H2,1-3H3,(H,18,22)/t14-/m0/s1. The molecule has 0 spiro atoms. The van der Waals surface area contributed by atoms with Crippen molar-refractivity contribution in [3.63, 3.8) is 0 Å². The molecule has 1 heterocycles. The van der Waals surface area contributed by atoms with Gasteiger partial charge >= 0.3 is 12.0 Å². The van der Waals surface area contributed by atoms with Gasteiger partial charge in [0.2, 0.25) is 5.91 Å². The van der Waals surface area contributed by atoms with Gasteiger partial charge in [-0.2, -0.15) is 0 Å². The maximum Gasteiger partial charge on any atom is 0.338 e. The minimum absolute atomic E-state index is 0.179. The first-order valence-corrected chi connectivity index (χ1v) is 7.49. The number of esters is 1. The van der Waals surface area contributed by atoms with Crippen LogP contribution >= 0.6 is 11.6 Å². The summed E-state index contributed by atoms with van der Waals surface area (Å²) in [5.74, 6) is -1.09. The summed E-state index contributed by atoms with van der Waals surface area (Å²) in [6, 6.07) is 5.24. The molecular weight excluding hydrogens is 320 g/mol. The van der Waals surface area contributed by atoms with Gasteiger partial charge in [-0.3, -0.25) is 9.69 Å². The smallest absolute Gasteiger partial charge is 0.338 e. The first-order chi connectivity index (χ1) is 10.9. The molecule has 0 saturated carbocycles. The van der Waals surface area contributed by atoms with Crippen LogP contribution in [0.4, 0.5) is 4.79 Å². The number of rotatable bonds is 3. The summed E-state index contributed by atoms with van der Waals surface area (Å²) in [6.07, 6.45) is 0. The molecule has 0 fully saturated rings. The van der Waals surface area contributed by atoms with Crippen molar-refractivity contribution in [2.45, 2.75) is 26.8 Å². The van der Waals surface area contributed by atoms with E-state index >= 15 is 0 Å². The van der Waals surface area contributed by atoms with Gasteiger partial charge < -0.3 is 10.1 Å². The fourth-order valence-corrected chi connectivity index (χ4v) is 2.77. The second kappa shape index (κ2) is 6.83. The third-order valence-corrected chi connectivity index (χ3v) is 3.83. The van der Waals surface area contributed by atoms with Crippen molar-refractivity contribution < 1.29 is 19.1 Å². The van der Waals surface area contributed by atoms with Crippen molar-refractivity contribution in [1.29, 1.82) is 0 Å². The van der Waals surface area contributed by atoms with Crippen molar-refractivity contribution in [2.24, 2.45) is 0 Å². The molecule has 1 atom stereocenters. The number of urea groups is 1. The van der Waals surface area contributed by atoms with Crippen LogP contribution in [0.2, 0.25) is 5.02 Å². The summed E-state index contributed by atoms with van der Waals surface area (Å²) >= 11 is 6.23. The number of hydrogen-bond donors (Lipinski definition) is 1. The summed E-state index contributed by atoms with van der Waals surface area (Å²) in [5, 5.41) is 2.88. The maximum atomic E-state index is 12.4. The highest BCUT2D eigenvalue weighted by Crippen LogP contribution is 2.37. The Morgan fingerprint density at radius 2 is 2.00 bits per heavy atom. The zero-order valence-corrected chi connectivity index (χ0v) is 13.8. The molecule has 0 bridgehead atoms. The van der Waals surface area contributed by atoms with E-state index in [1.165, 1.54) is 6.92 Å². The third-order valence-electron chi connectivity index (χ3n) is 3.48. The molecule has 1 aliphatic heterocycles. The minimum atomic E-state index is -0.922. The lowest BCUT2D eigenvalue weighted by atomic mass is 9.93. The fraction of sp³-hybridized carbons (Fsp3) is 0.312. The van der Waals surface area contributed by atoms with E-state index in [-0.39, 0.29) is 12.2 Å². The lowest BCUT2D eigenvalue weighted by Gasteiger charge is -2.36. The maximum absolute atomic E-state index is 12.4. The Balaban J connectivity index is 2.67. The van der Waals surface area contributed by atoms with Crippen LogP contribution in [0.1, 0.15) is 32.4 Å². The summed E-state index contributed by atoms with van der Waals surface area (Å²) in [4.78, 5) is 37.6. The van der Waals surface area contributed by atoms with Crippen molar-refractivity contribution >= 4 is 29.5 Å². The third kappa shape index (κ3) is 3.22. The molecule has 0 radical (unpaired) electrons. The van der Waals surface area contributed by atoms with E-state index in [4.69, 9.17) is 16.3 Å². The van der Waals surface area contributed by atoms with E-state index in [0.29, 0.717) is 16.3 Å². The Morgan fingerprint density at radius 3 is 2.57 bits per heavy atom. The van der Waals surface area contributed by atoms with Crippen LogP contribution in [0.5, 0.6) is 0 Å². The number of carbonyl (C=O) groups excluding carboxylic acids is 3. The molecule has 0 saturated heterocycles. The van der Waals surface area contributed by atoms with Crippen molar-refractivity contribution in [3.05, 3.63) is 46.1 Å². The van der Waals surface area contributed by atoms with Crippen LogP contribution in [-0.4, -0.2) is 29.4 Å². The monoisotopic (exact) mass is 336 g/mol. The number of ether oxygens (including phenoxy) is 1. The Bertz CT molecular complexity index is 699. The molecule has 0 aliphatic carbocycles. The second-order valence-corrected chi connectivity index (χ2v) is 5.41. The molecule has 1 aromatic carbocycles. The van der Waals surface area contributed by atoms with E-state index in [0.717, 1.165) is 4.90 Å². The lowest BCUT2D eigenvalue weighted by molar-refractivity contribution is -0.139. The number of hydrogen-bond acceptors (Lipinski definition) is 4. The molecule has 6 nitrogen and oxygen atoms in total. The molecule has 1 aromatic rings. The second-order valence-electron chi connectivity index (χ2n) is 5.00. The van der Waals surface area contributed by atoms with Crippen molar-refractivity contribution in [3.8, 4) is 0 Å². The number of imide groups is 1. The van der Waals surface area contributed by atoms with Crippen LogP contribution < -0.4 is 5.32 Å². The van der Waals surface area contributed by atoms with E-state index in [1.54, 1.807) is 38.1 Å². The van der Waals surface area contributed by atoms with Crippen LogP contribution in [-0.2, 0) is 14.3 Å². The van der Waals surface area contributed by atoms with Gasteiger partial charge in [-0.05, 0) is 25.5 Å². The quantitative estimate of drug-likeness (QED) is 0.861. The number of nitrogens with one attached hydrogen (secondary N) is 1. The average Bonchev–Trinajstić information content (AvgIpc) is 2.46.